The SMILES string of the molecule is CC1CN(Cc2ccc(C(=O)Nc3nc(-c4ccccn4)cs3)cc2)CC(C)O1. The van der Waals surface area contributed by atoms with E-state index in [-0.39, 0.29) is 18.1 Å². The van der Waals surface area contributed by atoms with E-state index in [2.05, 4.69) is 34.0 Å². The third-order valence-electron chi connectivity index (χ3n) is 4.77. The zero-order valence-electron chi connectivity index (χ0n) is 16.5. The van der Waals surface area contributed by atoms with Crippen molar-refractivity contribution in [2.45, 2.75) is 32.6 Å². The first kappa shape index (κ1) is 19.7. The van der Waals surface area contributed by atoms with Gasteiger partial charge in [-0.2, -0.15) is 0 Å². The summed E-state index contributed by atoms with van der Waals surface area (Å²) in [5, 5.41) is 5.33. The van der Waals surface area contributed by atoms with Crippen LogP contribution >= 0.6 is 11.3 Å². The van der Waals surface area contributed by atoms with E-state index in [0.29, 0.717) is 10.7 Å². The number of benzene rings is 1. The summed E-state index contributed by atoms with van der Waals surface area (Å²) < 4.78 is 5.79. The Morgan fingerprint density at radius 1 is 1.14 bits per heavy atom. The van der Waals surface area contributed by atoms with E-state index in [1.807, 2.05) is 47.8 Å². The highest BCUT2D eigenvalue weighted by Crippen LogP contribution is 2.23. The molecule has 1 saturated heterocycles. The van der Waals surface area contributed by atoms with Gasteiger partial charge < -0.3 is 4.74 Å². The van der Waals surface area contributed by atoms with Crippen LogP contribution in [0.25, 0.3) is 11.4 Å². The Morgan fingerprint density at radius 3 is 2.59 bits per heavy atom. The van der Waals surface area contributed by atoms with Crippen molar-refractivity contribution in [3.8, 4) is 11.4 Å². The number of thiazole rings is 1. The predicted molar refractivity (Wildman–Crippen MR) is 115 cm³/mol. The number of carbonyl (C=O) groups is 1. The van der Waals surface area contributed by atoms with Gasteiger partial charge in [-0.15, -0.1) is 11.3 Å². The standard InChI is InChI=1S/C22H24N4O2S/c1-15-11-26(12-16(2)28-15)13-17-6-8-18(9-7-17)21(27)25-22-24-20(14-29-22)19-5-3-4-10-23-19/h3-10,14-16H,11-13H2,1-2H3,(H,24,25,27). The lowest BCUT2D eigenvalue weighted by Crippen LogP contribution is -2.44. The van der Waals surface area contributed by atoms with Crippen molar-refractivity contribution in [3.63, 3.8) is 0 Å². The number of anilines is 1. The van der Waals surface area contributed by atoms with E-state index in [9.17, 15) is 4.79 Å². The average molecular weight is 409 g/mol. The predicted octanol–water partition coefficient (Wildman–Crippen LogP) is 4.07. The summed E-state index contributed by atoms with van der Waals surface area (Å²) in [6.07, 6.45) is 2.23. The minimum Gasteiger partial charge on any atom is -0.373 e. The van der Waals surface area contributed by atoms with Gasteiger partial charge in [0.25, 0.3) is 5.91 Å². The first-order valence-electron chi connectivity index (χ1n) is 9.72. The van der Waals surface area contributed by atoms with Crippen LogP contribution in [0.5, 0.6) is 0 Å². The number of nitrogens with one attached hydrogen (secondary N) is 1. The fourth-order valence-electron chi connectivity index (χ4n) is 3.57. The number of carbonyl (C=O) groups excluding carboxylic acids is 1. The van der Waals surface area contributed by atoms with Crippen molar-refractivity contribution < 1.29 is 9.53 Å². The molecule has 0 saturated carbocycles. The van der Waals surface area contributed by atoms with Crippen molar-refractivity contribution in [1.82, 2.24) is 14.9 Å². The van der Waals surface area contributed by atoms with Gasteiger partial charge in [0, 0.05) is 36.8 Å². The van der Waals surface area contributed by atoms with Gasteiger partial charge in [0.2, 0.25) is 0 Å². The summed E-state index contributed by atoms with van der Waals surface area (Å²) in [6.45, 7) is 6.92. The molecule has 6 nitrogen and oxygen atoms in total. The molecule has 0 aliphatic carbocycles. The quantitative estimate of drug-likeness (QED) is 0.689. The van der Waals surface area contributed by atoms with Crippen LogP contribution in [0.4, 0.5) is 5.13 Å². The van der Waals surface area contributed by atoms with Crippen molar-refractivity contribution in [1.29, 1.82) is 0 Å². The average Bonchev–Trinajstić information content (AvgIpc) is 3.17. The Bertz CT molecular complexity index is 948. The molecular weight excluding hydrogens is 384 g/mol. The van der Waals surface area contributed by atoms with Gasteiger partial charge in [-0.25, -0.2) is 4.98 Å². The lowest BCUT2D eigenvalue weighted by atomic mass is 10.1. The van der Waals surface area contributed by atoms with E-state index in [0.717, 1.165) is 31.0 Å². The number of aromatic nitrogens is 2. The smallest absolute Gasteiger partial charge is 0.257 e. The van der Waals surface area contributed by atoms with Gasteiger partial charge in [0.1, 0.15) is 5.69 Å². The van der Waals surface area contributed by atoms with Crippen LogP contribution in [0.1, 0.15) is 29.8 Å². The van der Waals surface area contributed by atoms with Crippen molar-refractivity contribution in [3.05, 3.63) is 65.2 Å². The Morgan fingerprint density at radius 2 is 1.90 bits per heavy atom. The second-order valence-electron chi connectivity index (χ2n) is 7.36. The van der Waals surface area contributed by atoms with E-state index < -0.39 is 0 Å². The van der Waals surface area contributed by atoms with E-state index >= 15 is 0 Å². The molecule has 1 aromatic carbocycles. The number of ether oxygens (including phenoxy) is 1. The molecule has 7 heteroatoms. The number of pyridine rings is 1. The van der Waals surface area contributed by atoms with Crippen molar-refractivity contribution in [2.24, 2.45) is 0 Å². The second kappa shape index (κ2) is 8.82. The molecule has 3 heterocycles. The molecule has 3 aromatic rings. The topological polar surface area (TPSA) is 67.4 Å². The van der Waals surface area contributed by atoms with Crippen LogP contribution < -0.4 is 5.32 Å². The molecule has 29 heavy (non-hydrogen) atoms. The van der Waals surface area contributed by atoms with E-state index in [1.54, 1.807) is 6.20 Å². The molecule has 150 valence electrons. The fourth-order valence-corrected chi connectivity index (χ4v) is 4.26. The molecule has 1 aliphatic rings. The first-order valence-corrected chi connectivity index (χ1v) is 10.6. The van der Waals surface area contributed by atoms with E-state index in [1.165, 1.54) is 16.9 Å². The number of hydrogen-bond donors (Lipinski definition) is 1. The Kier molecular flexibility index (Phi) is 5.99. The number of amides is 1. The number of morpholine rings is 1. The largest absolute Gasteiger partial charge is 0.373 e. The molecule has 1 aliphatic heterocycles. The molecule has 2 unspecified atom stereocenters. The number of hydrogen-bond acceptors (Lipinski definition) is 6. The van der Waals surface area contributed by atoms with Crippen LogP contribution in [0, 0.1) is 0 Å². The van der Waals surface area contributed by atoms with Gasteiger partial charge in [0.05, 0.1) is 17.9 Å². The lowest BCUT2D eigenvalue weighted by Gasteiger charge is -2.35. The van der Waals surface area contributed by atoms with Crippen LogP contribution in [0.2, 0.25) is 0 Å². The summed E-state index contributed by atoms with van der Waals surface area (Å²) in [5.41, 5.74) is 3.36. The molecule has 1 amide bonds. The maximum absolute atomic E-state index is 12.6. The van der Waals surface area contributed by atoms with Gasteiger partial charge in [-0.1, -0.05) is 18.2 Å². The summed E-state index contributed by atoms with van der Waals surface area (Å²) in [7, 11) is 0. The first-order chi connectivity index (χ1) is 14.1. The molecule has 0 radical (unpaired) electrons. The highest BCUT2D eigenvalue weighted by molar-refractivity contribution is 7.14. The summed E-state index contributed by atoms with van der Waals surface area (Å²) in [4.78, 5) is 23.7. The monoisotopic (exact) mass is 408 g/mol. The van der Waals surface area contributed by atoms with Gasteiger partial charge >= 0.3 is 0 Å². The zero-order chi connectivity index (χ0) is 20.2. The molecule has 2 aromatic heterocycles. The number of nitrogens with zero attached hydrogens (tertiary/aromatic N) is 3. The Balaban J connectivity index is 1.36. The summed E-state index contributed by atoms with van der Waals surface area (Å²) >= 11 is 1.39. The summed E-state index contributed by atoms with van der Waals surface area (Å²) in [6, 6.07) is 13.4. The second-order valence-corrected chi connectivity index (χ2v) is 8.21. The third kappa shape index (κ3) is 5.06. The molecule has 4 rings (SSSR count). The molecule has 1 fully saturated rings. The van der Waals surface area contributed by atoms with Crippen LogP contribution in [0.15, 0.2) is 54.0 Å². The zero-order valence-corrected chi connectivity index (χ0v) is 17.4. The molecule has 0 bridgehead atoms. The van der Waals surface area contributed by atoms with Crippen LogP contribution in [-0.4, -0.2) is 46.1 Å². The molecule has 1 N–H and O–H groups in total. The Labute approximate surface area is 174 Å². The van der Waals surface area contributed by atoms with Crippen LogP contribution in [0.3, 0.4) is 0 Å². The van der Waals surface area contributed by atoms with Crippen molar-refractivity contribution in [2.75, 3.05) is 18.4 Å². The highest BCUT2D eigenvalue weighted by Gasteiger charge is 2.22. The molecule has 0 spiro atoms. The Hall–Kier alpha value is -2.61. The van der Waals surface area contributed by atoms with Gasteiger partial charge in [0.15, 0.2) is 5.13 Å². The minimum atomic E-state index is -0.160. The van der Waals surface area contributed by atoms with E-state index in [4.69, 9.17) is 4.74 Å². The highest BCUT2D eigenvalue weighted by atomic mass is 32.1. The number of rotatable bonds is 5. The third-order valence-corrected chi connectivity index (χ3v) is 5.53. The fraction of sp³-hybridized carbons (Fsp3) is 0.318. The van der Waals surface area contributed by atoms with Crippen LogP contribution in [-0.2, 0) is 11.3 Å². The summed E-state index contributed by atoms with van der Waals surface area (Å²) in [5.74, 6) is -0.160. The van der Waals surface area contributed by atoms with Crippen molar-refractivity contribution >= 4 is 22.4 Å². The molecular formula is C22H24N4O2S. The minimum absolute atomic E-state index is 0.160. The molecule has 2 atom stereocenters. The van der Waals surface area contributed by atoms with Gasteiger partial charge in [-0.05, 0) is 43.7 Å². The lowest BCUT2D eigenvalue weighted by molar-refractivity contribution is -0.0704. The normalized spacial score (nSPS) is 19.8. The maximum atomic E-state index is 12.6. The van der Waals surface area contributed by atoms with Gasteiger partial charge in [-0.3, -0.25) is 20.0 Å². The maximum Gasteiger partial charge on any atom is 0.257 e.